The number of carbonyl (C=O) groups is 1. The highest BCUT2D eigenvalue weighted by Gasteiger charge is 2.37. The number of ether oxygens (including phenoxy) is 2. The second-order valence-electron chi connectivity index (χ2n) is 7.33. The van der Waals surface area contributed by atoms with E-state index < -0.39 is 17.8 Å². The maximum absolute atomic E-state index is 13.5. The lowest BCUT2D eigenvalue weighted by atomic mass is 10.1. The SMILES string of the molecule is COc1ccc(CCNC(=O)c2cc3nc(C4CC4)cc(C(F)(F)F)n3n2)cc1OC. The van der Waals surface area contributed by atoms with Crippen LogP contribution in [0.1, 0.15) is 46.2 Å². The summed E-state index contributed by atoms with van der Waals surface area (Å²) in [6.07, 6.45) is -2.47. The number of aromatic nitrogens is 3. The van der Waals surface area contributed by atoms with Gasteiger partial charge >= 0.3 is 6.18 Å². The maximum Gasteiger partial charge on any atom is 0.433 e. The van der Waals surface area contributed by atoms with Gasteiger partial charge in [-0.15, -0.1) is 0 Å². The quantitative estimate of drug-likeness (QED) is 0.615. The van der Waals surface area contributed by atoms with E-state index in [2.05, 4.69) is 15.4 Å². The molecule has 31 heavy (non-hydrogen) atoms. The van der Waals surface area contributed by atoms with Gasteiger partial charge in [0.2, 0.25) is 0 Å². The van der Waals surface area contributed by atoms with Crippen molar-refractivity contribution in [1.29, 1.82) is 0 Å². The maximum atomic E-state index is 13.5. The van der Waals surface area contributed by atoms with Crippen LogP contribution < -0.4 is 14.8 Å². The molecule has 0 bridgehead atoms. The van der Waals surface area contributed by atoms with Gasteiger partial charge < -0.3 is 14.8 Å². The molecule has 0 saturated heterocycles. The third kappa shape index (κ3) is 4.42. The van der Waals surface area contributed by atoms with Crippen molar-refractivity contribution in [2.45, 2.75) is 31.4 Å². The number of halogens is 3. The molecule has 0 aliphatic heterocycles. The van der Waals surface area contributed by atoms with Gasteiger partial charge in [0, 0.05) is 24.2 Å². The van der Waals surface area contributed by atoms with Gasteiger partial charge in [0.15, 0.2) is 22.8 Å². The number of hydrogen-bond donors (Lipinski definition) is 1. The molecule has 1 aromatic carbocycles. The molecule has 2 aromatic heterocycles. The summed E-state index contributed by atoms with van der Waals surface area (Å²) in [5, 5.41) is 6.55. The van der Waals surface area contributed by atoms with Crippen LogP contribution in [0.5, 0.6) is 11.5 Å². The van der Waals surface area contributed by atoms with Crippen LogP contribution in [0.15, 0.2) is 30.3 Å². The van der Waals surface area contributed by atoms with Crippen molar-refractivity contribution in [3.63, 3.8) is 0 Å². The molecule has 1 aliphatic rings. The largest absolute Gasteiger partial charge is 0.493 e. The molecule has 3 aromatic rings. The zero-order valence-corrected chi connectivity index (χ0v) is 17.0. The van der Waals surface area contributed by atoms with Crippen LogP contribution in [0.25, 0.3) is 5.65 Å². The van der Waals surface area contributed by atoms with Crippen LogP contribution in [-0.2, 0) is 12.6 Å². The van der Waals surface area contributed by atoms with Crippen molar-refractivity contribution < 1.29 is 27.4 Å². The Morgan fingerprint density at radius 3 is 2.55 bits per heavy atom. The van der Waals surface area contributed by atoms with E-state index in [4.69, 9.17) is 9.47 Å². The van der Waals surface area contributed by atoms with Crippen LogP contribution in [0.3, 0.4) is 0 Å². The van der Waals surface area contributed by atoms with Crippen LogP contribution >= 0.6 is 0 Å². The van der Waals surface area contributed by atoms with Crippen LogP contribution in [-0.4, -0.2) is 41.3 Å². The molecule has 1 saturated carbocycles. The molecule has 0 atom stereocenters. The number of amides is 1. The minimum Gasteiger partial charge on any atom is -0.493 e. The van der Waals surface area contributed by atoms with Crippen molar-refractivity contribution in [1.82, 2.24) is 19.9 Å². The second kappa shape index (κ2) is 8.09. The number of alkyl halides is 3. The summed E-state index contributed by atoms with van der Waals surface area (Å²) in [7, 11) is 3.07. The summed E-state index contributed by atoms with van der Waals surface area (Å²) in [6.45, 7) is 0.273. The third-order valence-electron chi connectivity index (χ3n) is 5.11. The molecular weight excluding hydrogens is 413 g/mol. The Hall–Kier alpha value is -3.30. The Morgan fingerprint density at radius 2 is 1.90 bits per heavy atom. The van der Waals surface area contributed by atoms with Crippen molar-refractivity contribution in [3.8, 4) is 11.5 Å². The average Bonchev–Trinajstić information content (AvgIpc) is 3.50. The lowest BCUT2D eigenvalue weighted by molar-refractivity contribution is -0.142. The van der Waals surface area contributed by atoms with Crippen molar-refractivity contribution >= 4 is 11.6 Å². The van der Waals surface area contributed by atoms with Crippen molar-refractivity contribution in [3.05, 3.63) is 53.0 Å². The Morgan fingerprint density at radius 1 is 1.16 bits per heavy atom. The predicted molar refractivity (Wildman–Crippen MR) is 106 cm³/mol. The van der Waals surface area contributed by atoms with Gasteiger partial charge in [-0.05, 0) is 43.0 Å². The van der Waals surface area contributed by atoms with E-state index in [1.165, 1.54) is 13.2 Å². The molecule has 7 nitrogen and oxygen atoms in total. The van der Waals surface area contributed by atoms with E-state index >= 15 is 0 Å². The first kappa shape index (κ1) is 21.0. The fraction of sp³-hybridized carbons (Fsp3) is 0.381. The fourth-order valence-electron chi connectivity index (χ4n) is 3.34. The first-order valence-corrected chi connectivity index (χ1v) is 9.77. The van der Waals surface area contributed by atoms with Crippen molar-refractivity contribution in [2.75, 3.05) is 20.8 Å². The zero-order valence-electron chi connectivity index (χ0n) is 17.0. The van der Waals surface area contributed by atoms with Crippen LogP contribution in [0.4, 0.5) is 13.2 Å². The van der Waals surface area contributed by atoms with Gasteiger partial charge in [0.1, 0.15) is 5.69 Å². The monoisotopic (exact) mass is 434 g/mol. The Kier molecular flexibility index (Phi) is 5.47. The lowest BCUT2D eigenvalue weighted by Crippen LogP contribution is -2.26. The van der Waals surface area contributed by atoms with Gasteiger partial charge in [-0.25, -0.2) is 9.50 Å². The molecule has 2 heterocycles. The number of benzene rings is 1. The molecule has 0 spiro atoms. The number of nitrogens with one attached hydrogen (secondary N) is 1. The summed E-state index contributed by atoms with van der Waals surface area (Å²) in [4.78, 5) is 16.8. The summed E-state index contributed by atoms with van der Waals surface area (Å²) in [5.41, 5.74) is 0.270. The number of rotatable bonds is 7. The lowest BCUT2D eigenvalue weighted by Gasteiger charge is -2.10. The molecule has 1 amide bonds. The van der Waals surface area contributed by atoms with Gasteiger partial charge in [-0.2, -0.15) is 18.3 Å². The number of carbonyl (C=O) groups excluding carboxylic acids is 1. The zero-order chi connectivity index (χ0) is 22.2. The summed E-state index contributed by atoms with van der Waals surface area (Å²) < 4.78 is 51.6. The number of methoxy groups -OCH3 is 2. The first-order chi connectivity index (χ1) is 14.8. The fourth-order valence-corrected chi connectivity index (χ4v) is 3.34. The van der Waals surface area contributed by atoms with E-state index in [0.29, 0.717) is 28.1 Å². The molecule has 1 aliphatic carbocycles. The standard InChI is InChI=1S/C21H21F3N4O3/c1-30-16-6-3-12(9-17(16)31-2)7-8-25-20(29)15-11-19-26-14(13-4-5-13)10-18(21(22,23)24)28(19)27-15/h3,6,9-11,13H,4-5,7-8H2,1-2H3,(H,25,29). The van der Waals surface area contributed by atoms with Gasteiger partial charge in [-0.1, -0.05) is 6.07 Å². The average molecular weight is 434 g/mol. The van der Waals surface area contributed by atoms with Gasteiger partial charge in [0.05, 0.1) is 14.2 Å². The molecule has 4 rings (SSSR count). The second-order valence-corrected chi connectivity index (χ2v) is 7.33. The van der Waals surface area contributed by atoms with Crippen molar-refractivity contribution in [2.24, 2.45) is 0 Å². The molecule has 164 valence electrons. The molecular formula is C21H21F3N4O3. The number of fused-ring (bicyclic) bond motifs is 1. The molecule has 10 heteroatoms. The molecule has 0 unspecified atom stereocenters. The van der Waals surface area contributed by atoms with E-state index in [1.807, 2.05) is 6.07 Å². The highest BCUT2D eigenvalue weighted by atomic mass is 19.4. The highest BCUT2D eigenvalue weighted by Crippen LogP contribution is 2.41. The van der Waals surface area contributed by atoms with Crippen LogP contribution in [0.2, 0.25) is 0 Å². The minimum atomic E-state index is -4.60. The van der Waals surface area contributed by atoms with Crippen LogP contribution in [0, 0.1) is 0 Å². The number of nitrogens with zero attached hydrogens (tertiary/aromatic N) is 3. The van der Waals surface area contributed by atoms with Gasteiger partial charge in [-0.3, -0.25) is 4.79 Å². The molecule has 1 N–H and O–H groups in total. The van der Waals surface area contributed by atoms with E-state index in [9.17, 15) is 18.0 Å². The topological polar surface area (TPSA) is 77.8 Å². The smallest absolute Gasteiger partial charge is 0.433 e. The molecule has 1 fully saturated rings. The third-order valence-corrected chi connectivity index (χ3v) is 5.11. The molecule has 0 radical (unpaired) electrons. The normalized spacial score (nSPS) is 14.0. The van der Waals surface area contributed by atoms with E-state index in [0.717, 1.165) is 24.5 Å². The summed E-state index contributed by atoms with van der Waals surface area (Å²) in [5.74, 6) is 0.647. The minimum absolute atomic E-state index is 0.0155. The highest BCUT2D eigenvalue weighted by molar-refractivity contribution is 5.93. The first-order valence-electron chi connectivity index (χ1n) is 9.77. The summed E-state index contributed by atoms with van der Waals surface area (Å²) >= 11 is 0. The number of hydrogen-bond acceptors (Lipinski definition) is 5. The Labute approximate surface area is 176 Å². The van der Waals surface area contributed by atoms with E-state index in [-0.39, 0.29) is 23.8 Å². The van der Waals surface area contributed by atoms with Gasteiger partial charge in [0.25, 0.3) is 5.91 Å². The summed E-state index contributed by atoms with van der Waals surface area (Å²) in [6, 6.07) is 7.72. The predicted octanol–water partition coefficient (Wildman–Crippen LogP) is 3.62. The van der Waals surface area contributed by atoms with E-state index in [1.54, 1.807) is 19.2 Å². The Balaban J connectivity index is 1.49. The Bertz CT molecular complexity index is 1120.